The Bertz CT molecular complexity index is 902. The number of hydrogen-bond donors (Lipinski definition) is 1. The van der Waals surface area contributed by atoms with Gasteiger partial charge in [0, 0.05) is 30.8 Å². The van der Waals surface area contributed by atoms with Crippen molar-refractivity contribution in [2.24, 2.45) is 0 Å². The van der Waals surface area contributed by atoms with Crippen molar-refractivity contribution in [1.82, 2.24) is 9.55 Å². The standard InChI is InChI=1S/C20H22Cl2N4/c1-5-25-13(3)14(4)26(6-2)20(25)15-11-18(22)19(23-12-15)24-17-9-7-16(21)8-10-17/h7-12H,5-6H2,1-4H3/p+1. The first kappa shape index (κ1) is 18.7. The van der Waals surface area contributed by atoms with Crippen LogP contribution in [-0.2, 0) is 13.1 Å². The molecule has 0 fully saturated rings. The summed E-state index contributed by atoms with van der Waals surface area (Å²) in [5.41, 5.74) is 4.44. The SMILES string of the molecule is CCn1c(C)c(C)[n+](CC)c1-c1cnc(Nc2ccc(Cl)cc2)c(Cl)c1. The number of nitrogens with one attached hydrogen (secondary N) is 1. The molecule has 0 unspecified atom stereocenters. The third-order valence-corrected chi connectivity index (χ3v) is 5.22. The Hall–Kier alpha value is -2.04. The fraction of sp³-hybridized carbons (Fsp3) is 0.300. The third kappa shape index (κ3) is 3.44. The number of benzene rings is 1. The van der Waals surface area contributed by atoms with Gasteiger partial charge in [-0.25, -0.2) is 14.1 Å². The molecule has 3 rings (SSSR count). The molecular weight excluding hydrogens is 367 g/mol. The van der Waals surface area contributed by atoms with Gasteiger partial charge in [-0.3, -0.25) is 0 Å². The molecule has 4 nitrogen and oxygen atoms in total. The van der Waals surface area contributed by atoms with Crippen molar-refractivity contribution in [3.8, 4) is 11.4 Å². The van der Waals surface area contributed by atoms with Gasteiger partial charge in [-0.05, 0) is 44.2 Å². The van der Waals surface area contributed by atoms with Gasteiger partial charge in [-0.15, -0.1) is 0 Å². The summed E-state index contributed by atoms with van der Waals surface area (Å²) in [6.45, 7) is 10.4. The number of imidazole rings is 1. The second kappa shape index (κ2) is 7.68. The fourth-order valence-electron chi connectivity index (χ4n) is 3.26. The molecule has 1 N–H and O–H groups in total. The first-order valence-electron chi connectivity index (χ1n) is 8.74. The van der Waals surface area contributed by atoms with Crippen molar-refractivity contribution in [2.75, 3.05) is 5.32 Å². The Labute approximate surface area is 164 Å². The highest BCUT2D eigenvalue weighted by Gasteiger charge is 2.26. The van der Waals surface area contributed by atoms with Gasteiger partial charge in [-0.2, -0.15) is 0 Å². The van der Waals surface area contributed by atoms with Crippen molar-refractivity contribution in [1.29, 1.82) is 0 Å². The summed E-state index contributed by atoms with van der Waals surface area (Å²) in [5.74, 6) is 1.77. The molecule has 136 valence electrons. The minimum Gasteiger partial charge on any atom is -0.339 e. The summed E-state index contributed by atoms with van der Waals surface area (Å²) >= 11 is 12.5. The van der Waals surface area contributed by atoms with Gasteiger partial charge >= 0.3 is 0 Å². The van der Waals surface area contributed by atoms with E-state index in [1.807, 2.05) is 36.5 Å². The quantitative estimate of drug-likeness (QED) is 0.580. The first-order chi connectivity index (χ1) is 12.5. The second-order valence-electron chi connectivity index (χ2n) is 6.17. The lowest BCUT2D eigenvalue weighted by atomic mass is 10.2. The summed E-state index contributed by atoms with van der Waals surface area (Å²) in [5, 5.41) is 4.51. The second-order valence-corrected chi connectivity index (χ2v) is 7.01. The van der Waals surface area contributed by atoms with Gasteiger partial charge in [0.1, 0.15) is 17.2 Å². The average molecular weight is 390 g/mol. The summed E-state index contributed by atoms with van der Waals surface area (Å²) in [7, 11) is 0. The highest BCUT2D eigenvalue weighted by Crippen LogP contribution is 2.29. The summed E-state index contributed by atoms with van der Waals surface area (Å²) < 4.78 is 4.61. The van der Waals surface area contributed by atoms with Crippen LogP contribution in [0.5, 0.6) is 0 Å². The Balaban J connectivity index is 2.00. The van der Waals surface area contributed by atoms with E-state index < -0.39 is 0 Å². The molecule has 0 atom stereocenters. The Morgan fingerprint density at radius 2 is 1.81 bits per heavy atom. The van der Waals surface area contributed by atoms with Crippen LogP contribution < -0.4 is 9.88 Å². The predicted molar refractivity (Wildman–Crippen MR) is 108 cm³/mol. The number of anilines is 2. The lowest BCUT2D eigenvalue weighted by molar-refractivity contribution is -0.688. The number of aromatic nitrogens is 3. The summed E-state index contributed by atoms with van der Waals surface area (Å²) in [4.78, 5) is 4.56. The molecule has 0 saturated carbocycles. The van der Waals surface area contributed by atoms with Gasteiger partial charge in [0.15, 0.2) is 0 Å². The topological polar surface area (TPSA) is 33.7 Å². The van der Waals surface area contributed by atoms with Crippen molar-refractivity contribution in [3.05, 3.63) is 58.0 Å². The molecule has 0 aliphatic carbocycles. The highest BCUT2D eigenvalue weighted by atomic mass is 35.5. The zero-order valence-electron chi connectivity index (χ0n) is 15.5. The van der Waals surface area contributed by atoms with Crippen molar-refractivity contribution in [2.45, 2.75) is 40.8 Å². The van der Waals surface area contributed by atoms with E-state index in [9.17, 15) is 0 Å². The minimum absolute atomic E-state index is 0.583. The largest absolute Gasteiger partial charge is 0.339 e. The van der Waals surface area contributed by atoms with Crippen LogP contribution in [0.4, 0.5) is 11.5 Å². The van der Waals surface area contributed by atoms with E-state index in [2.05, 4.69) is 47.1 Å². The molecule has 1 aromatic carbocycles. The first-order valence-corrected chi connectivity index (χ1v) is 9.49. The normalized spacial score (nSPS) is 11.0. The van der Waals surface area contributed by atoms with E-state index in [1.165, 1.54) is 11.4 Å². The van der Waals surface area contributed by atoms with Crippen LogP contribution in [-0.4, -0.2) is 9.55 Å². The zero-order chi connectivity index (χ0) is 18.8. The molecule has 0 saturated heterocycles. The van der Waals surface area contributed by atoms with E-state index in [-0.39, 0.29) is 0 Å². The number of nitrogens with zero attached hydrogens (tertiary/aromatic N) is 3. The maximum absolute atomic E-state index is 6.53. The molecule has 6 heteroatoms. The Kier molecular flexibility index (Phi) is 5.54. The van der Waals surface area contributed by atoms with Crippen LogP contribution in [0.2, 0.25) is 10.0 Å². The molecule has 3 aromatic rings. The Morgan fingerprint density at radius 3 is 2.38 bits per heavy atom. The third-order valence-electron chi connectivity index (χ3n) is 4.68. The van der Waals surface area contributed by atoms with Crippen LogP contribution in [0.1, 0.15) is 25.2 Å². The maximum Gasteiger partial charge on any atom is 0.290 e. The smallest absolute Gasteiger partial charge is 0.290 e. The van der Waals surface area contributed by atoms with Crippen molar-refractivity contribution < 1.29 is 4.57 Å². The van der Waals surface area contributed by atoms with E-state index in [0.29, 0.717) is 15.9 Å². The van der Waals surface area contributed by atoms with E-state index in [1.54, 1.807) is 0 Å². The van der Waals surface area contributed by atoms with Gasteiger partial charge in [0.05, 0.1) is 23.7 Å². The summed E-state index contributed by atoms with van der Waals surface area (Å²) in [6.07, 6.45) is 1.87. The number of pyridine rings is 1. The summed E-state index contributed by atoms with van der Waals surface area (Å²) in [6, 6.07) is 9.42. The lowest BCUT2D eigenvalue weighted by Gasteiger charge is -2.09. The molecule has 0 amide bonds. The molecule has 0 spiro atoms. The van der Waals surface area contributed by atoms with Crippen molar-refractivity contribution >= 4 is 34.7 Å². The molecule has 0 radical (unpaired) electrons. The average Bonchev–Trinajstić information content (AvgIpc) is 2.88. The van der Waals surface area contributed by atoms with Crippen LogP contribution >= 0.6 is 23.2 Å². The zero-order valence-corrected chi connectivity index (χ0v) is 17.0. The van der Waals surface area contributed by atoms with Gasteiger partial charge < -0.3 is 5.32 Å². The molecule has 0 aliphatic heterocycles. The Morgan fingerprint density at radius 1 is 1.12 bits per heavy atom. The molecule has 0 bridgehead atoms. The highest BCUT2D eigenvalue weighted by molar-refractivity contribution is 6.33. The molecule has 26 heavy (non-hydrogen) atoms. The number of hydrogen-bond acceptors (Lipinski definition) is 2. The monoisotopic (exact) mass is 389 g/mol. The van der Waals surface area contributed by atoms with Crippen molar-refractivity contribution in [3.63, 3.8) is 0 Å². The molecular formula is C20H23Cl2N4+. The number of halogens is 2. The fourth-order valence-corrected chi connectivity index (χ4v) is 3.60. The van der Waals surface area contributed by atoms with E-state index in [0.717, 1.165) is 30.2 Å². The minimum atomic E-state index is 0.583. The van der Waals surface area contributed by atoms with Gasteiger partial charge in [-0.1, -0.05) is 23.2 Å². The van der Waals surface area contributed by atoms with Crippen LogP contribution in [0.15, 0.2) is 36.5 Å². The van der Waals surface area contributed by atoms with E-state index in [4.69, 9.17) is 23.2 Å². The van der Waals surface area contributed by atoms with Crippen LogP contribution in [0.3, 0.4) is 0 Å². The lowest BCUT2D eigenvalue weighted by Crippen LogP contribution is -2.36. The maximum atomic E-state index is 6.53. The molecule has 2 heterocycles. The van der Waals surface area contributed by atoms with Gasteiger partial charge in [0.2, 0.25) is 0 Å². The van der Waals surface area contributed by atoms with Gasteiger partial charge in [0.25, 0.3) is 5.82 Å². The van der Waals surface area contributed by atoms with E-state index >= 15 is 0 Å². The van der Waals surface area contributed by atoms with Crippen LogP contribution in [0.25, 0.3) is 11.4 Å². The number of rotatable bonds is 5. The predicted octanol–water partition coefficient (Wildman–Crippen LogP) is 5.54. The van der Waals surface area contributed by atoms with Crippen LogP contribution in [0, 0.1) is 13.8 Å². The molecule has 2 aromatic heterocycles. The molecule has 0 aliphatic rings.